The number of hydrogen-bond acceptors (Lipinski definition) is 2. The van der Waals surface area contributed by atoms with Crippen molar-refractivity contribution in [1.82, 2.24) is 0 Å². The number of carbonyl (C=O) groups is 1. The van der Waals surface area contributed by atoms with Crippen molar-refractivity contribution < 1.29 is 9.53 Å². The number of methoxy groups -OCH3 is 1. The number of ketones is 1. The number of Topliss-reactive ketones (excluding diaryl/α,β-unsaturated/α-hetero) is 1. The summed E-state index contributed by atoms with van der Waals surface area (Å²) < 4.78 is 5.46. The Kier molecular flexibility index (Phi) is 3.83. The van der Waals surface area contributed by atoms with Gasteiger partial charge in [0.25, 0.3) is 0 Å². The standard InChI is InChI=1S/C18H20O2/c1-20-15-9-7-14-8-11-16(13-5-3-2-4-6-13)18(19)17(14)12-10-15/h2-6,8,11,15-16H,7,9-10,12H2,1H3. The summed E-state index contributed by atoms with van der Waals surface area (Å²) in [6, 6.07) is 10.0. The van der Waals surface area contributed by atoms with Gasteiger partial charge in [0.1, 0.15) is 0 Å². The second-order valence-electron chi connectivity index (χ2n) is 5.55. The number of rotatable bonds is 2. The van der Waals surface area contributed by atoms with Gasteiger partial charge in [0.2, 0.25) is 0 Å². The SMILES string of the molecule is COC1CCC2=C(CC1)C(=O)C(c1ccccc1)C=C2. The lowest BCUT2D eigenvalue weighted by atomic mass is 9.82. The first-order chi connectivity index (χ1) is 9.79. The molecule has 2 nitrogen and oxygen atoms in total. The number of benzene rings is 1. The third-order valence-electron chi connectivity index (χ3n) is 4.40. The monoisotopic (exact) mass is 268 g/mol. The molecular weight excluding hydrogens is 248 g/mol. The van der Waals surface area contributed by atoms with E-state index < -0.39 is 0 Å². The summed E-state index contributed by atoms with van der Waals surface area (Å²) in [7, 11) is 1.76. The molecule has 1 aromatic carbocycles. The summed E-state index contributed by atoms with van der Waals surface area (Å²) in [6.45, 7) is 0. The molecule has 0 fully saturated rings. The van der Waals surface area contributed by atoms with Gasteiger partial charge < -0.3 is 4.74 Å². The molecule has 1 aromatic rings. The summed E-state index contributed by atoms with van der Waals surface area (Å²) in [4.78, 5) is 12.8. The fourth-order valence-corrected chi connectivity index (χ4v) is 3.19. The van der Waals surface area contributed by atoms with Crippen molar-refractivity contribution in [3.05, 3.63) is 59.2 Å². The van der Waals surface area contributed by atoms with Crippen molar-refractivity contribution in [2.45, 2.75) is 37.7 Å². The van der Waals surface area contributed by atoms with Crippen molar-refractivity contribution in [2.24, 2.45) is 0 Å². The Bertz CT molecular complexity index is 554. The highest BCUT2D eigenvalue weighted by molar-refractivity contribution is 6.04. The van der Waals surface area contributed by atoms with E-state index in [2.05, 4.69) is 12.2 Å². The van der Waals surface area contributed by atoms with Gasteiger partial charge in [0, 0.05) is 7.11 Å². The predicted octanol–water partition coefficient (Wildman–Crippen LogP) is 3.79. The molecule has 20 heavy (non-hydrogen) atoms. The maximum absolute atomic E-state index is 12.8. The summed E-state index contributed by atoms with van der Waals surface area (Å²) in [5.74, 6) is 0.180. The summed E-state index contributed by atoms with van der Waals surface area (Å²) in [6.07, 6.45) is 8.28. The van der Waals surface area contributed by atoms with Crippen LogP contribution in [-0.2, 0) is 9.53 Å². The number of ether oxygens (including phenoxy) is 1. The molecule has 0 saturated carbocycles. The molecule has 0 N–H and O–H groups in total. The molecule has 0 heterocycles. The molecule has 2 aliphatic carbocycles. The highest BCUT2D eigenvalue weighted by atomic mass is 16.5. The van der Waals surface area contributed by atoms with Gasteiger partial charge in [-0.1, -0.05) is 42.5 Å². The topological polar surface area (TPSA) is 26.3 Å². The molecule has 0 saturated heterocycles. The Morgan fingerprint density at radius 1 is 1.10 bits per heavy atom. The number of carbonyl (C=O) groups excluding carboxylic acids is 1. The highest BCUT2D eigenvalue weighted by Gasteiger charge is 2.29. The van der Waals surface area contributed by atoms with Crippen LogP contribution in [0.25, 0.3) is 0 Å². The van der Waals surface area contributed by atoms with Gasteiger partial charge in [0.15, 0.2) is 5.78 Å². The molecule has 0 bridgehead atoms. The Labute approximate surface area is 120 Å². The second kappa shape index (κ2) is 5.76. The van der Waals surface area contributed by atoms with Crippen LogP contribution in [0, 0.1) is 0 Å². The summed E-state index contributed by atoms with van der Waals surface area (Å²) in [5.41, 5.74) is 3.34. The lowest BCUT2D eigenvalue weighted by Crippen LogP contribution is -2.17. The fourth-order valence-electron chi connectivity index (χ4n) is 3.19. The molecule has 0 aliphatic heterocycles. The highest BCUT2D eigenvalue weighted by Crippen LogP contribution is 2.35. The molecule has 3 rings (SSSR count). The molecule has 0 amide bonds. The predicted molar refractivity (Wildman–Crippen MR) is 79.6 cm³/mol. The summed E-state index contributed by atoms with van der Waals surface area (Å²) >= 11 is 0. The van der Waals surface area contributed by atoms with Gasteiger partial charge in [-0.25, -0.2) is 0 Å². The van der Waals surface area contributed by atoms with E-state index in [1.165, 1.54) is 5.57 Å². The lowest BCUT2D eigenvalue weighted by molar-refractivity contribution is -0.116. The van der Waals surface area contributed by atoms with Crippen molar-refractivity contribution in [3.8, 4) is 0 Å². The minimum absolute atomic E-state index is 0.103. The first-order valence-electron chi connectivity index (χ1n) is 7.32. The van der Waals surface area contributed by atoms with E-state index in [1.807, 2.05) is 30.3 Å². The molecule has 2 aliphatic rings. The third kappa shape index (κ3) is 2.48. The first kappa shape index (κ1) is 13.3. The van der Waals surface area contributed by atoms with E-state index in [4.69, 9.17) is 4.74 Å². The van der Waals surface area contributed by atoms with Crippen molar-refractivity contribution in [1.29, 1.82) is 0 Å². The van der Waals surface area contributed by atoms with Crippen LogP contribution in [0.3, 0.4) is 0 Å². The van der Waals surface area contributed by atoms with Crippen molar-refractivity contribution in [2.75, 3.05) is 7.11 Å². The molecule has 0 aromatic heterocycles. The Morgan fingerprint density at radius 2 is 1.85 bits per heavy atom. The quantitative estimate of drug-likeness (QED) is 0.815. The van der Waals surface area contributed by atoms with Crippen LogP contribution in [0.15, 0.2) is 53.6 Å². The number of allylic oxidation sites excluding steroid dienone is 4. The van der Waals surface area contributed by atoms with Gasteiger partial charge >= 0.3 is 0 Å². The van der Waals surface area contributed by atoms with Crippen molar-refractivity contribution >= 4 is 5.78 Å². The van der Waals surface area contributed by atoms with Crippen LogP contribution in [0.4, 0.5) is 0 Å². The van der Waals surface area contributed by atoms with Crippen LogP contribution < -0.4 is 0 Å². The fraction of sp³-hybridized carbons (Fsp3) is 0.389. The van der Waals surface area contributed by atoms with Gasteiger partial charge in [-0.15, -0.1) is 0 Å². The maximum atomic E-state index is 12.8. The average Bonchev–Trinajstić information content (AvgIpc) is 2.71. The van der Waals surface area contributed by atoms with Gasteiger partial charge in [-0.05, 0) is 42.4 Å². The van der Waals surface area contributed by atoms with Gasteiger partial charge in [-0.3, -0.25) is 4.79 Å². The average molecular weight is 268 g/mol. The molecule has 2 atom stereocenters. The molecule has 104 valence electrons. The summed E-state index contributed by atoms with van der Waals surface area (Å²) in [5, 5.41) is 0. The van der Waals surface area contributed by atoms with E-state index >= 15 is 0 Å². The van der Waals surface area contributed by atoms with E-state index in [9.17, 15) is 4.79 Å². The third-order valence-corrected chi connectivity index (χ3v) is 4.40. The zero-order valence-electron chi connectivity index (χ0n) is 11.8. The molecule has 0 spiro atoms. The van der Waals surface area contributed by atoms with Crippen LogP contribution in [0.1, 0.15) is 37.2 Å². The van der Waals surface area contributed by atoms with E-state index in [1.54, 1.807) is 7.11 Å². The number of hydrogen-bond donors (Lipinski definition) is 0. The maximum Gasteiger partial charge on any atom is 0.170 e. The van der Waals surface area contributed by atoms with E-state index in [0.717, 1.165) is 36.8 Å². The first-order valence-corrected chi connectivity index (χ1v) is 7.32. The van der Waals surface area contributed by atoms with Crippen LogP contribution in [-0.4, -0.2) is 19.0 Å². The zero-order chi connectivity index (χ0) is 13.9. The molecule has 0 radical (unpaired) electrons. The van der Waals surface area contributed by atoms with E-state index in [-0.39, 0.29) is 17.8 Å². The largest absolute Gasteiger partial charge is 0.381 e. The van der Waals surface area contributed by atoms with Gasteiger partial charge in [-0.2, -0.15) is 0 Å². The zero-order valence-corrected chi connectivity index (χ0v) is 11.8. The minimum Gasteiger partial charge on any atom is -0.381 e. The smallest absolute Gasteiger partial charge is 0.170 e. The molecular formula is C18H20O2. The Hall–Kier alpha value is -1.67. The minimum atomic E-state index is -0.103. The molecule has 2 heteroatoms. The molecule has 2 unspecified atom stereocenters. The van der Waals surface area contributed by atoms with Gasteiger partial charge in [0.05, 0.1) is 12.0 Å². The Morgan fingerprint density at radius 3 is 2.60 bits per heavy atom. The van der Waals surface area contributed by atoms with Crippen LogP contribution in [0.5, 0.6) is 0 Å². The van der Waals surface area contributed by atoms with Crippen molar-refractivity contribution in [3.63, 3.8) is 0 Å². The lowest BCUT2D eigenvalue weighted by Gasteiger charge is -2.20. The second-order valence-corrected chi connectivity index (χ2v) is 5.55. The normalized spacial score (nSPS) is 26.4. The van der Waals surface area contributed by atoms with E-state index in [0.29, 0.717) is 0 Å². The van der Waals surface area contributed by atoms with Crippen LogP contribution >= 0.6 is 0 Å². The Balaban J connectivity index is 1.85. The van der Waals surface area contributed by atoms with Crippen LogP contribution in [0.2, 0.25) is 0 Å².